The highest BCUT2D eigenvalue weighted by Gasteiger charge is 2.67. The Morgan fingerprint density at radius 2 is 1.72 bits per heavy atom. The molecule has 0 aromatic carbocycles. The van der Waals surface area contributed by atoms with Gasteiger partial charge in [0.05, 0.1) is 11.2 Å². The smallest absolute Gasteiger partial charge is 0.303 e. The lowest BCUT2D eigenvalue weighted by Gasteiger charge is -2.66. The average molecular weight is 503 g/mol. The van der Waals surface area contributed by atoms with Crippen molar-refractivity contribution in [1.82, 2.24) is 0 Å². The van der Waals surface area contributed by atoms with Crippen LogP contribution < -0.4 is 0 Å². The van der Waals surface area contributed by atoms with E-state index in [1.165, 1.54) is 24.8 Å². The van der Waals surface area contributed by atoms with E-state index in [1.807, 2.05) is 13.8 Å². The molecule has 4 nitrogen and oxygen atoms in total. The standard InChI is InChI=1S/C32H54O4/c1-22(2)23-15-21-31(7)26(29(23,5)18-10-12-27(33)34)14-13-24-25(16-20-30(24,31)6)32(8,35)19-11-17-28(3,4)36-9/h11,17,23-26,35H,1,10,12-16,18-21H2,2-9H3,(H,33,34). The zero-order chi connectivity index (χ0) is 27.2. The van der Waals surface area contributed by atoms with Gasteiger partial charge in [-0.3, -0.25) is 4.79 Å². The second-order valence-electron chi connectivity index (χ2n) is 14.2. The van der Waals surface area contributed by atoms with Crippen molar-refractivity contribution < 1.29 is 19.7 Å². The van der Waals surface area contributed by atoms with Crippen molar-refractivity contribution in [3.8, 4) is 0 Å². The first-order valence-corrected chi connectivity index (χ1v) is 14.4. The third kappa shape index (κ3) is 5.10. The molecule has 36 heavy (non-hydrogen) atoms. The number of aliphatic hydroxyl groups is 1. The Morgan fingerprint density at radius 3 is 2.31 bits per heavy atom. The Bertz CT molecular complexity index is 856. The molecule has 0 bridgehead atoms. The molecule has 0 spiro atoms. The van der Waals surface area contributed by atoms with Gasteiger partial charge in [0.1, 0.15) is 0 Å². The molecule has 3 aliphatic carbocycles. The van der Waals surface area contributed by atoms with E-state index in [0.29, 0.717) is 30.1 Å². The van der Waals surface area contributed by atoms with Gasteiger partial charge in [0.2, 0.25) is 0 Å². The third-order valence-corrected chi connectivity index (χ3v) is 11.7. The van der Waals surface area contributed by atoms with Crippen molar-refractivity contribution in [3.63, 3.8) is 0 Å². The summed E-state index contributed by atoms with van der Waals surface area (Å²) < 4.78 is 5.53. The topological polar surface area (TPSA) is 66.8 Å². The number of carboxylic acid groups (broad SMARTS) is 1. The first-order chi connectivity index (χ1) is 16.5. The van der Waals surface area contributed by atoms with Gasteiger partial charge in [-0.1, -0.05) is 45.1 Å². The number of carboxylic acids is 1. The highest BCUT2D eigenvalue weighted by Crippen LogP contribution is 2.74. The van der Waals surface area contributed by atoms with Crippen LogP contribution >= 0.6 is 0 Å². The van der Waals surface area contributed by atoms with Crippen molar-refractivity contribution in [3.05, 3.63) is 24.3 Å². The fourth-order valence-electron chi connectivity index (χ4n) is 9.44. The summed E-state index contributed by atoms with van der Waals surface area (Å²) in [6, 6.07) is 0. The van der Waals surface area contributed by atoms with Gasteiger partial charge in [-0.25, -0.2) is 0 Å². The monoisotopic (exact) mass is 502 g/mol. The van der Waals surface area contributed by atoms with Crippen LogP contribution in [0.4, 0.5) is 0 Å². The van der Waals surface area contributed by atoms with Crippen LogP contribution in [0.2, 0.25) is 0 Å². The number of ether oxygens (including phenoxy) is 1. The summed E-state index contributed by atoms with van der Waals surface area (Å²) >= 11 is 0. The quantitative estimate of drug-likeness (QED) is 0.299. The van der Waals surface area contributed by atoms with Crippen molar-refractivity contribution in [1.29, 1.82) is 0 Å². The summed E-state index contributed by atoms with van der Waals surface area (Å²) in [6.07, 6.45) is 13.7. The van der Waals surface area contributed by atoms with Crippen molar-refractivity contribution in [2.24, 2.45) is 39.9 Å². The Kier molecular flexibility index (Phi) is 8.35. The average Bonchev–Trinajstić information content (AvgIpc) is 3.12. The fourth-order valence-corrected chi connectivity index (χ4v) is 9.44. The summed E-state index contributed by atoms with van der Waals surface area (Å²) in [5.41, 5.74) is 0.675. The summed E-state index contributed by atoms with van der Waals surface area (Å²) in [5.74, 6) is 1.14. The second-order valence-corrected chi connectivity index (χ2v) is 14.2. The SMILES string of the molecule is C=C(C)C1CCC2(C)C(CCC3C(C(C)(O)CC=CC(C)(C)OC)CCC32C)C1(C)CCCC(=O)O. The lowest BCUT2D eigenvalue weighted by molar-refractivity contribution is -0.177. The van der Waals surface area contributed by atoms with Crippen LogP contribution in [0, 0.1) is 39.9 Å². The van der Waals surface area contributed by atoms with Gasteiger partial charge in [0.25, 0.3) is 0 Å². The largest absolute Gasteiger partial charge is 0.481 e. The van der Waals surface area contributed by atoms with Crippen LogP contribution in [-0.4, -0.2) is 34.5 Å². The molecule has 0 aromatic rings. The van der Waals surface area contributed by atoms with Crippen LogP contribution in [0.15, 0.2) is 24.3 Å². The molecule has 3 rings (SSSR count). The van der Waals surface area contributed by atoms with Crippen LogP contribution in [-0.2, 0) is 9.53 Å². The molecule has 0 heterocycles. The van der Waals surface area contributed by atoms with E-state index in [9.17, 15) is 15.0 Å². The molecule has 0 amide bonds. The van der Waals surface area contributed by atoms with Gasteiger partial charge in [0.15, 0.2) is 0 Å². The molecule has 0 aliphatic heterocycles. The van der Waals surface area contributed by atoms with E-state index in [2.05, 4.69) is 53.3 Å². The first-order valence-electron chi connectivity index (χ1n) is 14.4. The number of fused-ring (bicyclic) bond motifs is 3. The van der Waals surface area contributed by atoms with E-state index in [-0.39, 0.29) is 28.3 Å². The van der Waals surface area contributed by atoms with E-state index >= 15 is 0 Å². The van der Waals surface area contributed by atoms with Gasteiger partial charge in [0, 0.05) is 13.5 Å². The Morgan fingerprint density at radius 1 is 1.08 bits per heavy atom. The van der Waals surface area contributed by atoms with Gasteiger partial charge in [-0.05, 0) is 125 Å². The second kappa shape index (κ2) is 10.2. The van der Waals surface area contributed by atoms with Crippen LogP contribution in [0.3, 0.4) is 0 Å². The molecule has 206 valence electrons. The van der Waals surface area contributed by atoms with Crippen LogP contribution in [0.1, 0.15) is 113 Å². The van der Waals surface area contributed by atoms with E-state index < -0.39 is 11.6 Å². The number of carbonyl (C=O) groups is 1. The van der Waals surface area contributed by atoms with Crippen molar-refractivity contribution in [2.45, 2.75) is 124 Å². The number of aliphatic carboxylic acids is 1. The van der Waals surface area contributed by atoms with Gasteiger partial charge < -0.3 is 14.9 Å². The Balaban J connectivity index is 1.88. The van der Waals surface area contributed by atoms with E-state index in [4.69, 9.17) is 4.74 Å². The molecule has 4 heteroatoms. The maximum Gasteiger partial charge on any atom is 0.303 e. The maximum atomic E-state index is 11.7. The highest BCUT2D eigenvalue weighted by atomic mass is 16.5. The minimum Gasteiger partial charge on any atom is -0.481 e. The molecule has 3 fully saturated rings. The molecule has 8 atom stereocenters. The molecular formula is C32H54O4. The minimum absolute atomic E-state index is 0.0807. The van der Waals surface area contributed by atoms with Gasteiger partial charge in [-0.2, -0.15) is 0 Å². The Labute approximate surface area is 221 Å². The maximum absolute atomic E-state index is 11.7. The fraction of sp³-hybridized carbons (Fsp3) is 0.844. The molecular weight excluding hydrogens is 448 g/mol. The first kappa shape index (κ1) is 29.4. The van der Waals surface area contributed by atoms with Crippen LogP contribution in [0.5, 0.6) is 0 Å². The van der Waals surface area contributed by atoms with Crippen molar-refractivity contribution >= 4 is 5.97 Å². The number of rotatable bonds is 10. The van der Waals surface area contributed by atoms with E-state index in [1.54, 1.807) is 7.11 Å². The van der Waals surface area contributed by atoms with Crippen molar-refractivity contribution in [2.75, 3.05) is 7.11 Å². The minimum atomic E-state index is -0.731. The lowest BCUT2D eigenvalue weighted by atomic mass is 9.38. The third-order valence-electron chi connectivity index (χ3n) is 11.7. The summed E-state index contributed by atoms with van der Waals surface area (Å²) in [7, 11) is 1.72. The molecule has 8 unspecified atom stereocenters. The summed E-state index contributed by atoms with van der Waals surface area (Å²) in [6.45, 7) is 20.2. The van der Waals surface area contributed by atoms with E-state index in [0.717, 1.165) is 32.1 Å². The number of allylic oxidation sites excluding steroid dienone is 1. The Hall–Kier alpha value is -1.13. The normalized spacial score (nSPS) is 40.5. The molecule has 0 radical (unpaired) electrons. The number of hydrogen-bond donors (Lipinski definition) is 2. The zero-order valence-electron chi connectivity index (χ0n) is 24.5. The predicted molar refractivity (Wildman–Crippen MR) is 148 cm³/mol. The number of methoxy groups -OCH3 is 1. The summed E-state index contributed by atoms with van der Waals surface area (Å²) in [4.78, 5) is 11.3. The molecule has 0 aromatic heterocycles. The molecule has 2 N–H and O–H groups in total. The predicted octanol–water partition coefficient (Wildman–Crippen LogP) is 7.80. The zero-order valence-corrected chi connectivity index (χ0v) is 24.5. The molecule has 0 saturated heterocycles. The van der Waals surface area contributed by atoms with Gasteiger partial charge in [-0.15, -0.1) is 0 Å². The van der Waals surface area contributed by atoms with Crippen LogP contribution in [0.25, 0.3) is 0 Å². The lowest BCUT2D eigenvalue weighted by Crippen LogP contribution is -2.60. The highest BCUT2D eigenvalue weighted by molar-refractivity contribution is 5.66. The number of hydrogen-bond acceptors (Lipinski definition) is 3. The molecule has 3 aliphatic rings. The van der Waals surface area contributed by atoms with Gasteiger partial charge >= 0.3 is 5.97 Å². The molecule has 3 saturated carbocycles. The summed E-state index contributed by atoms with van der Waals surface area (Å²) in [5, 5.41) is 21.1.